The van der Waals surface area contributed by atoms with E-state index in [9.17, 15) is 9.59 Å². The van der Waals surface area contributed by atoms with Gasteiger partial charge < -0.3 is 18.9 Å². The normalized spacial score (nSPS) is 14.1. The Morgan fingerprint density at radius 1 is 0.921 bits per heavy atom. The number of thioether (sulfide) groups is 1. The third-order valence-corrected chi connectivity index (χ3v) is 7.34. The van der Waals surface area contributed by atoms with E-state index in [1.807, 2.05) is 18.2 Å². The Kier molecular flexibility index (Phi) is 8.93. The summed E-state index contributed by atoms with van der Waals surface area (Å²) in [6.07, 6.45) is 2.34. The highest BCUT2D eigenvalue weighted by Gasteiger charge is 2.31. The largest absolute Gasteiger partial charge is 0.493 e. The molecule has 0 unspecified atom stereocenters. The third kappa shape index (κ3) is 6.30. The van der Waals surface area contributed by atoms with Gasteiger partial charge in [0.15, 0.2) is 23.0 Å². The van der Waals surface area contributed by atoms with Crippen LogP contribution in [0.3, 0.4) is 0 Å². The van der Waals surface area contributed by atoms with Gasteiger partial charge in [0.25, 0.3) is 5.91 Å². The Hall–Kier alpha value is -3.53. The van der Waals surface area contributed by atoms with E-state index in [0.29, 0.717) is 55.6 Å². The molecule has 3 aromatic rings. The van der Waals surface area contributed by atoms with E-state index in [1.165, 1.54) is 18.9 Å². The van der Waals surface area contributed by atoms with Crippen LogP contribution in [0.2, 0.25) is 5.02 Å². The van der Waals surface area contributed by atoms with Crippen molar-refractivity contribution in [2.45, 2.75) is 6.42 Å². The lowest BCUT2D eigenvalue weighted by Gasteiger charge is -2.15. The number of benzene rings is 3. The summed E-state index contributed by atoms with van der Waals surface area (Å²) in [5.41, 5.74) is 2.06. The number of ether oxygens (including phenoxy) is 4. The van der Waals surface area contributed by atoms with Crippen molar-refractivity contribution in [1.29, 1.82) is 0 Å². The van der Waals surface area contributed by atoms with Crippen LogP contribution in [0.5, 0.6) is 23.0 Å². The van der Waals surface area contributed by atoms with Crippen molar-refractivity contribution in [3.63, 3.8) is 0 Å². The molecule has 0 aliphatic carbocycles. The Morgan fingerprint density at radius 2 is 1.58 bits per heavy atom. The predicted molar refractivity (Wildman–Crippen MR) is 153 cm³/mol. The summed E-state index contributed by atoms with van der Waals surface area (Å²) in [5.74, 6) is 1.18. The highest BCUT2D eigenvalue weighted by molar-refractivity contribution is 8.26. The van der Waals surface area contributed by atoms with Gasteiger partial charge in [0.2, 0.25) is 0 Å². The monoisotopic (exact) mass is 569 g/mol. The lowest BCUT2D eigenvalue weighted by molar-refractivity contribution is -0.122. The number of carbonyl (C=O) groups excluding carboxylic acids is 2. The first-order chi connectivity index (χ1) is 18.3. The van der Waals surface area contributed by atoms with Crippen LogP contribution in [0.15, 0.2) is 65.6 Å². The first kappa shape index (κ1) is 27.5. The lowest BCUT2D eigenvalue weighted by Crippen LogP contribution is -2.30. The fraction of sp³-hybridized carbons (Fsp3) is 0.179. The van der Waals surface area contributed by atoms with E-state index >= 15 is 0 Å². The van der Waals surface area contributed by atoms with Crippen molar-refractivity contribution in [2.24, 2.45) is 0 Å². The van der Waals surface area contributed by atoms with Gasteiger partial charge in [-0.25, -0.2) is 4.79 Å². The second kappa shape index (κ2) is 12.3. The fourth-order valence-corrected chi connectivity index (χ4v) is 5.16. The average molecular weight is 570 g/mol. The van der Waals surface area contributed by atoms with Gasteiger partial charge in [-0.3, -0.25) is 9.69 Å². The molecule has 196 valence electrons. The molecular weight excluding hydrogens is 546 g/mol. The van der Waals surface area contributed by atoms with E-state index in [-0.39, 0.29) is 11.7 Å². The van der Waals surface area contributed by atoms with Crippen molar-refractivity contribution in [2.75, 3.05) is 27.9 Å². The smallest absolute Gasteiger partial charge is 0.343 e. The van der Waals surface area contributed by atoms with Crippen molar-refractivity contribution in [3.8, 4) is 23.0 Å². The Balaban J connectivity index is 1.45. The molecule has 1 aliphatic rings. The maximum Gasteiger partial charge on any atom is 0.343 e. The van der Waals surface area contributed by atoms with Gasteiger partial charge in [0.05, 0.1) is 31.8 Å². The Morgan fingerprint density at radius 3 is 2.26 bits per heavy atom. The Bertz CT molecular complexity index is 1410. The number of carbonyl (C=O) groups is 2. The minimum atomic E-state index is -0.539. The van der Waals surface area contributed by atoms with E-state index in [4.69, 9.17) is 42.8 Å². The van der Waals surface area contributed by atoms with Crippen LogP contribution in [-0.2, 0) is 11.2 Å². The number of rotatable bonds is 9. The standard InChI is InChI=1S/C28H24ClNO6S2/c1-33-21-10-4-17(14-23(21)34-2)12-13-30-26(31)25(38-28(30)37)16-18-5-11-22(24(15-18)35-3)36-27(32)19-6-8-20(29)9-7-19/h4-11,14-16H,12-13H2,1-3H3/b25-16-. The number of halogens is 1. The van der Waals surface area contributed by atoms with Crippen LogP contribution in [0.4, 0.5) is 0 Å². The Labute approximate surface area is 235 Å². The van der Waals surface area contributed by atoms with Gasteiger partial charge in [0, 0.05) is 11.6 Å². The molecule has 1 saturated heterocycles. The summed E-state index contributed by atoms with van der Waals surface area (Å²) < 4.78 is 22.1. The number of hydrogen-bond acceptors (Lipinski definition) is 8. The summed E-state index contributed by atoms with van der Waals surface area (Å²) >= 11 is 12.6. The maximum atomic E-state index is 13.1. The molecular formula is C28H24ClNO6S2. The molecule has 1 aliphatic heterocycles. The van der Waals surface area contributed by atoms with Crippen LogP contribution in [0.25, 0.3) is 6.08 Å². The van der Waals surface area contributed by atoms with Crippen molar-refractivity contribution >= 4 is 57.9 Å². The molecule has 0 bridgehead atoms. The predicted octanol–water partition coefficient (Wildman–Crippen LogP) is 6.03. The maximum absolute atomic E-state index is 13.1. The lowest BCUT2D eigenvalue weighted by atomic mass is 10.1. The number of amides is 1. The first-order valence-electron chi connectivity index (χ1n) is 11.4. The minimum Gasteiger partial charge on any atom is -0.493 e. The van der Waals surface area contributed by atoms with Gasteiger partial charge in [-0.1, -0.05) is 47.7 Å². The van der Waals surface area contributed by atoms with Crippen molar-refractivity contribution < 1.29 is 28.5 Å². The fourth-order valence-electron chi connectivity index (χ4n) is 3.72. The highest BCUT2D eigenvalue weighted by atomic mass is 35.5. The molecule has 0 saturated carbocycles. The number of hydrogen-bond donors (Lipinski definition) is 0. The molecule has 1 fully saturated rings. The molecule has 10 heteroatoms. The SMILES string of the molecule is COc1ccc(CCN2C(=O)/C(=C/c3ccc(OC(=O)c4ccc(Cl)cc4)c(OC)c3)SC2=S)cc1OC. The first-order valence-corrected chi connectivity index (χ1v) is 13.0. The van der Waals surface area contributed by atoms with E-state index in [2.05, 4.69) is 0 Å². The second-order valence-corrected chi connectivity index (χ2v) is 10.2. The summed E-state index contributed by atoms with van der Waals surface area (Å²) in [7, 11) is 4.65. The zero-order chi connectivity index (χ0) is 27.2. The zero-order valence-electron chi connectivity index (χ0n) is 20.9. The number of nitrogens with zero attached hydrogens (tertiary/aromatic N) is 1. The molecule has 0 atom stereocenters. The molecule has 38 heavy (non-hydrogen) atoms. The topological polar surface area (TPSA) is 74.3 Å². The molecule has 4 rings (SSSR count). The van der Waals surface area contributed by atoms with Crippen molar-refractivity contribution in [3.05, 3.63) is 87.3 Å². The average Bonchev–Trinajstić information content (AvgIpc) is 3.19. The molecule has 0 spiro atoms. The van der Waals surface area contributed by atoms with Gasteiger partial charge in [0.1, 0.15) is 4.32 Å². The molecule has 1 heterocycles. The summed E-state index contributed by atoms with van der Waals surface area (Å²) in [5, 5.41) is 0.523. The van der Waals surface area contributed by atoms with Gasteiger partial charge >= 0.3 is 5.97 Å². The van der Waals surface area contributed by atoms with Crippen LogP contribution < -0.4 is 18.9 Å². The number of thiocarbonyl (C=S) groups is 1. The molecule has 1 amide bonds. The van der Waals surface area contributed by atoms with E-state index in [0.717, 1.165) is 5.56 Å². The number of methoxy groups -OCH3 is 3. The quantitative estimate of drug-likeness (QED) is 0.134. The van der Waals surface area contributed by atoms with Gasteiger partial charge in [-0.05, 0) is 72.2 Å². The molecule has 0 aromatic heterocycles. The summed E-state index contributed by atoms with van der Waals surface area (Å²) in [4.78, 5) is 27.7. The molecule has 0 N–H and O–H groups in total. The minimum absolute atomic E-state index is 0.169. The molecule has 7 nitrogen and oxygen atoms in total. The van der Waals surface area contributed by atoms with Crippen molar-refractivity contribution in [1.82, 2.24) is 4.90 Å². The van der Waals surface area contributed by atoms with E-state index in [1.54, 1.807) is 67.7 Å². The number of esters is 1. The third-order valence-electron chi connectivity index (χ3n) is 5.71. The van der Waals surface area contributed by atoms with Gasteiger partial charge in [-0.15, -0.1) is 0 Å². The van der Waals surface area contributed by atoms with E-state index < -0.39 is 5.97 Å². The summed E-state index contributed by atoms with van der Waals surface area (Å²) in [6.45, 7) is 0.431. The summed E-state index contributed by atoms with van der Waals surface area (Å²) in [6, 6.07) is 17.1. The van der Waals surface area contributed by atoms with Crippen LogP contribution >= 0.6 is 35.6 Å². The molecule has 3 aromatic carbocycles. The highest BCUT2D eigenvalue weighted by Crippen LogP contribution is 2.35. The van der Waals surface area contributed by atoms with Crippen LogP contribution in [-0.4, -0.2) is 49.0 Å². The molecule has 0 radical (unpaired) electrons. The van der Waals surface area contributed by atoms with Crippen LogP contribution in [0, 0.1) is 0 Å². The van der Waals surface area contributed by atoms with Crippen LogP contribution in [0.1, 0.15) is 21.5 Å². The second-order valence-electron chi connectivity index (χ2n) is 8.08. The zero-order valence-corrected chi connectivity index (χ0v) is 23.2. The van der Waals surface area contributed by atoms with Gasteiger partial charge in [-0.2, -0.15) is 0 Å².